The number of hydrogen-bond acceptors (Lipinski definition) is 2. The van der Waals surface area contributed by atoms with Gasteiger partial charge in [-0.1, -0.05) is 37.3 Å². The van der Waals surface area contributed by atoms with Crippen LogP contribution in [0.15, 0.2) is 40.9 Å². The molecule has 0 aliphatic carbocycles. The molecule has 0 aliphatic heterocycles. The SMILES string of the molecule is CNC(c1cc(Br)c(C)s1)C(C)c1ccccc1. The lowest BCUT2D eigenvalue weighted by Gasteiger charge is -2.23. The van der Waals surface area contributed by atoms with E-state index in [1.807, 2.05) is 18.4 Å². The third-order valence-electron chi connectivity index (χ3n) is 3.32. The zero-order valence-electron chi connectivity index (χ0n) is 10.9. The van der Waals surface area contributed by atoms with Crippen molar-refractivity contribution in [1.29, 1.82) is 0 Å². The fourth-order valence-corrected chi connectivity index (χ4v) is 4.00. The molecule has 1 heterocycles. The average Bonchev–Trinajstić information content (AvgIpc) is 2.71. The molecule has 2 atom stereocenters. The van der Waals surface area contributed by atoms with Crippen molar-refractivity contribution in [3.63, 3.8) is 0 Å². The van der Waals surface area contributed by atoms with Crippen molar-refractivity contribution >= 4 is 27.3 Å². The number of nitrogens with one attached hydrogen (secondary N) is 1. The Bertz CT molecular complexity index is 487. The highest BCUT2D eigenvalue weighted by atomic mass is 79.9. The molecule has 0 radical (unpaired) electrons. The van der Waals surface area contributed by atoms with Crippen molar-refractivity contribution in [3.8, 4) is 0 Å². The van der Waals surface area contributed by atoms with E-state index in [0.717, 1.165) is 0 Å². The van der Waals surface area contributed by atoms with Gasteiger partial charge in [-0.05, 0) is 41.5 Å². The molecule has 2 aromatic rings. The Balaban J connectivity index is 2.29. The molecule has 1 aromatic heterocycles. The molecule has 0 spiro atoms. The van der Waals surface area contributed by atoms with E-state index in [0.29, 0.717) is 12.0 Å². The number of rotatable bonds is 4. The molecule has 0 amide bonds. The summed E-state index contributed by atoms with van der Waals surface area (Å²) in [5.41, 5.74) is 1.37. The maximum Gasteiger partial charge on any atom is 0.0479 e. The van der Waals surface area contributed by atoms with Gasteiger partial charge in [0, 0.05) is 26.2 Å². The van der Waals surface area contributed by atoms with Crippen molar-refractivity contribution in [2.75, 3.05) is 7.05 Å². The first-order valence-corrected chi connectivity index (χ1v) is 7.72. The molecular weight excluding hydrogens is 306 g/mol. The summed E-state index contributed by atoms with van der Waals surface area (Å²) in [6.07, 6.45) is 0. The largest absolute Gasteiger partial charge is 0.312 e. The predicted molar refractivity (Wildman–Crippen MR) is 83.4 cm³/mol. The molecule has 3 heteroatoms. The third kappa shape index (κ3) is 2.85. The van der Waals surface area contributed by atoms with Gasteiger partial charge >= 0.3 is 0 Å². The second-order valence-corrected chi connectivity index (χ2v) is 6.66. The number of thiophene rings is 1. The molecule has 18 heavy (non-hydrogen) atoms. The normalized spacial score (nSPS) is 14.4. The van der Waals surface area contributed by atoms with E-state index in [1.54, 1.807) is 0 Å². The Morgan fingerprint density at radius 2 is 1.89 bits per heavy atom. The fourth-order valence-electron chi connectivity index (χ4n) is 2.22. The minimum absolute atomic E-state index is 0.363. The Morgan fingerprint density at radius 1 is 1.22 bits per heavy atom. The van der Waals surface area contributed by atoms with Crippen LogP contribution in [0.3, 0.4) is 0 Å². The van der Waals surface area contributed by atoms with Crippen LogP contribution in [-0.4, -0.2) is 7.05 Å². The van der Waals surface area contributed by atoms with Gasteiger partial charge < -0.3 is 5.32 Å². The van der Waals surface area contributed by atoms with Crippen molar-refractivity contribution in [1.82, 2.24) is 5.32 Å². The smallest absolute Gasteiger partial charge is 0.0479 e. The van der Waals surface area contributed by atoms with Crippen LogP contribution in [0.5, 0.6) is 0 Å². The van der Waals surface area contributed by atoms with Gasteiger partial charge in [0.25, 0.3) is 0 Å². The summed E-state index contributed by atoms with van der Waals surface area (Å²) in [5, 5.41) is 3.45. The first kappa shape index (κ1) is 13.8. The van der Waals surface area contributed by atoms with E-state index in [1.165, 1.54) is 19.8 Å². The Kier molecular flexibility index (Phi) is 4.60. The molecular formula is C15H18BrNS. The van der Waals surface area contributed by atoms with E-state index in [9.17, 15) is 0 Å². The van der Waals surface area contributed by atoms with Crippen molar-refractivity contribution in [3.05, 3.63) is 56.2 Å². The summed E-state index contributed by atoms with van der Waals surface area (Å²) in [7, 11) is 2.03. The summed E-state index contributed by atoms with van der Waals surface area (Å²) >= 11 is 5.46. The topological polar surface area (TPSA) is 12.0 Å². The summed E-state index contributed by atoms with van der Waals surface area (Å²) < 4.78 is 1.21. The number of hydrogen-bond donors (Lipinski definition) is 1. The maximum atomic E-state index is 3.60. The van der Waals surface area contributed by atoms with E-state index in [4.69, 9.17) is 0 Å². The minimum Gasteiger partial charge on any atom is -0.312 e. The molecule has 96 valence electrons. The second kappa shape index (κ2) is 6.00. The van der Waals surface area contributed by atoms with E-state index < -0.39 is 0 Å². The van der Waals surface area contributed by atoms with Gasteiger partial charge in [-0.25, -0.2) is 0 Å². The number of aryl methyl sites for hydroxylation is 1. The minimum atomic E-state index is 0.363. The number of halogens is 1. The van der Waals surface area contributed by atoms with Crippen LogP contribution in [0.25, 0.3) is 0 Å². The molecule has 1 nitrogen and oxygen atoms in total. The van der Waals surface area contributed by atoms with Crippen molar-refractivity contribution in [2.45, 2.75) is 25.8 Å². The van der Waals surface area contributed by atoms with E-state index in [-0.39, 0.29) is 0 Å². The molecule has 1 aromatic carbocycles. The van der Waals surface area contributed by atoms with E-state index in [2.05, 4.69) is 71.5 Å². The highest BCUT2D eigenvalue weighted by Crippen LogP contribution is 2.37. The molecule has 0 bridgehead atoms. The molecule has 1 N–H and O–H groups in total. The van der Waals surface area contributed by atoms with Crippen LogP contribution >= 0.6 is 27.3 Å². The van der Waals surface area contributed by atoms with Crippen LogP contribution in [0.4, 0.5) is 0 Å². The van der Waals surface area contributed by atoms with Crippen molar-refractivity contribution < 1.29 is 0 Å². The molecule has 0 aliphatic rings. The fraction of sp³-hybridized carbons (Fsp3) is 0.333. The van der Waals surface area contributed by atoms with Crippen LogP contribution in [0.1, 0.15) is 34.2 Å². The average molecular weight is 324 g/mol. The monoisotopic (exact) mass is 323 g/mol. The van der Waals surface area contributed by atoms with Gasteiger partial charge in [-0.15, -0.1) is 11.3 Å². The van der Waals surface area contributed by atoms with Crippen LogP contribution in [-0.2, 0) is 0 Å². The molecule has 2 unspecified atom stereocenters. The quantitative estimate of drug-likeness (QED) is 0.845. The third-order valence-corrected chi connectivity index (χ3v) is 5.54. The lowest BCUT2D eigenvalue weighted by Crippen LogP contribution is -2.21. The van der Waals surface area contributed by atoms with E-state index >= 15 is 0 Å². The Morgan fingerprint density at radius 3 is 2.39 bits per heavy atom. The van der Waals surface area contributed by atoms with Crippen LogP contribution in [0, 0.1) is 6.92 Å². The van der Waals surface area contributed by atoms with Gasteiger partial charge in [0.05, 0.1) is 0 Å². The van der Waals surface area contributed by atoms with Gasteiger partial charge in [0.15, 0.2) is 0 Å². The summed E-state index contributed by atoms with van der Waals surface area (Å²) in [6.45, 7) is 4.43. The second-order valence-electron chi connectivity index (χ2n) is 4.52. The lowest BCUT2D eigenvalue weighted by atomic mass is 9.92. The molecule has 2 rings (SSSR count). The summed E-state index contributed by atoms with van der Waals surface area (Å²) in [5.74, 6) is 0.459. The highest BCUT2D eigenvalue weighted by Gasteiger charge is 2.21. The molecule has 0 saturated heterocycles. The highest BCUT2D eigenvalue weighted by molar-refractivity contribution is 9.10. The van der Waals surface area contributed by atoms with Crippen molar-refractivity contribution in [2.24, 2.45) is 0 Å². The zero-order valence-corrected chi connectivity index (χ0v) is 13.3. The number of likely N-dealkylation sites (N-methyl/N-ethyl adjacent to an activating group) is 1. The van der Waals surface area contributed by atoms with Crippen LogP contribution in [0.2, 0.25) is 0 Å². The lowest BCUT2D eigenvalue weighted by molar-refractivity contribution is 0.515. The van der Waals surface area contributed by atoms with Gasteiger partial charge in [0.1, 0.15) is 0 Å². The number of benzene rings is 1. The molecule has 0 saturated carbocycles. The summed E-state index contributed by atoms with van der Waals surface area (Å²) in [4.78, 5) is 2.73. The standard InChI is InChI=1S/C15H18BrNS/c1-10(12-7-5-4-6-8-12)15(17-3)14-9-13(16)11(2)18-14/h4-10,15,17H,1-3H3. The first-order valence-electron chi connectivity index (χ1n) is 6.11. The maximum absolute atomic E-state index is 3.60. The van der Waals surface area contributed by atoms with Gasteiger partial charge in [0.2, 0.25) is 0 Å². The van der Waals surface area contributed by atoms with Crippen LogP contribution < -0.4 is 5.32 Å². The zero-order chi connectivity index (χ0) is 13.1. The Labute approximate surface area is 121 Å². The Hall–Kier alpha value is -0.640. The van der Waals surface area contributed by atoms with Gasteiger partial charge in [-0.2, -0.15) is 0 Å². The summed E-state index contributed by atoms with van der Waals surface area (Å²) in [6, 6.07) is 13.3. The predicted octanol–water partition coefficient (Wildman–Crippen LogP) is 4.88. The van der Waals surface area contributed by atoms with Gasteiger partial charge in [-0.3, -0.25) is 0 Å². The first-order chi connectivity index (χ1) is 8.63. The molecule has 0 fully saturated rings.